The van der Waals surface area contributed by atoms with Gasteiger partial charge in [0.2, 0.25) is 0 Å². The predicted octanol–water partition coefficient (Wildman–Crippen LogP) is 5.10. The average Bonchev–Trinajstić information content (AvgIpc) is 3.46. The van der Waals surface area contributed by atoms with Gasteiger partial charge in [-0.3, -0.25) is 0 Å². The van der Waals surface area contributed by atoms with Gasteiger partial charge in [0.1, 0.15) is 35.6 Å². The minimum absolute atomic E-state index is 0.0290. The van der Waals surface area contributed by atoms with Crippen LogP contribution in [-0.4, -0.2) is 60.1 Å². The summed E-state index contributed by atoms with van der Waals surface area (Å²) >= 11 is 1.88. The van der Waals surface area contributed by atoms with Gasteiger partial charge in [-0.2, -0.15) is 11.8 Å². The SMILES string of the molecule is COc1c(N)cc2ncnc(Nc3ccc(F)cc3OC3CO[C@@H]4CCO[C@H]34)c2c1C.CSC(C)C. The van der Waals surface area contributed by atoms with Crippen molar-refractivity contribution in [3.8, 4) is 11.5 Å². The van der Waals surface area contributed by atoms with Crippen molar-refractivity contribution in [2.45, 2.75) is 50.8 Å². The van der Waals surface area contributed by atoms with E-state index in [1.807, 2.05) is 18.7 Å². The van der Waals surface area contributed by atoms with Crippen molar-refractivity contribution >= 4 is 39.9 Å². The second-order valence-corrected chi connectivity index (χ2v) is 10.4. The van der Waals surface area contributed by atoms with Crippen LogP contribution in [0.5, 0.6) is 11.5 Å². The molecule has 0 radical (unpaired) electrons. The van der Waals surface area contributed by atoms with Crippen molar-refractivity contribution in [3.63, 3.8) is 0 Å². The van der Waals surface area contributed by atoms with Gasteiger partial charge in [-0.1, -0.05) is 13.8 Å². The Bertz CT molecular complexity index is 1210. The predicted molar refractivity (Wildman–Crippen MR) is 142 cm³/mol. The molecule has 0 spiro atoms. The molecule has 2 saturated heterocycles. The molecule has 1 aromatic heterocycles. The van der Waals surface area contributed by atoms with Gasteiger partial charge in [0.15, 0.2) is 6.10 Å². The van der Waals surface area contributed by atoms with Crippen LogP contribution in [0.25, 0.3) is 10.9 Å². The standard InChI is InChI=1S/C22H23FN4O4.C4H10S/c1-11-19-15(8-13(24)20(11)28-2)25-10-26-22(19)27-14-4-3-12(23)7-17(14)31-18-9-30-16-5-6-29-21(16)18;1-4(2)5-3/h3-4,7-8,10,16,18,21H,5-6,9,24H2,1-2H3,(H,25,26,27);4H,1-3H3/t16-,18?,21+;/m1./s1. The number of anilines is 3. The summed E-state index contributed by atoms with van der Waals surface area (Å²) in [5, 5.41) is 4.82. The van der Waals surface area contributed by atoms with E-state index < -0.39 is 5.82 Å². The Morgan fingerprint density at radius 3 is 2.72 bits per heavy atom. The maximum atomic E-state index is 14.1. The Labute approximate surface area is 215 Å². The summed E-state index contributed by atoms with van der Waals surface area (Å²) in [6.07, 6.45) is 3.98. The fraction of sp³-hybridized carbons (Fsp3) is 0.462. The molecule has 0 bridgehead atoms. The first-order valence-electron chi connectivity index (χ1n) is 11.9. The fourth-order valence-corrected chi connectivity index (χ4v) is 4.31. The van der Waals surface area contributed by atoms with Gasteiger partial charge in [-0.25, -0.2) is 14.4 Å². The number of nitrogens with two attached hydrogens (primary N) is 1. The third-order valence-electron chi connectivity index (χ3n) is 6.22. The Hall–Kier alpha value is -2.82. The van der Waals surface area contributed by atoms with Crippen molar-refractivity contribution in [2.75, 3.05) is 37.6 Å². The topological polar surface area (TPSA) is 101 Å². The number of fused-ring (bicyclic) bond motifs is 2. The molecule has 0 amide bonds. The molecule has 3 heterocycles. The van der Waals surface area contributed by atoms with E-state index in [1.165, 1.54) is 18.5 Å². The van der Waals surface area contributed by atoms with Crippen LogP contribution in [0.15, 0.2) is 30.6 Å². The zero-order chi connectivity index (χ0) is 25.8. The van der Waals surface area contributed by atoms with Crippen molar-refractivity contribution in [1.82, 2.24) is 9.97 Å². The third kappa shape index (κ3) is 5.61. The molecule has 36 heavy (non-hydrogen) atoms. The highest BCUT2D eigenvalue weighted by Gasteiger charge is 2.43. The number of aryl methyl sites for hydroxylation is 1. The molecule has 8 nitrogen and oxygen atoms in total. The lowest BCUT2D eigenvalue weighted by Crippen LogP contribution is -2.32. The fourth-order valence-electron chi connectivity index (χ4n) is 4.31. The second kappa shape index (κ2) is 11.5. The van der Waals surface area contributed by atoms with Crippen LogP contribution in [0.3, 0.4) is 0 Å². The smallest absolute Gasteiger partial charge is 0.151 e. The number of aromatic nitrogens is 2. The zero-order valence-electron chi connectivity index (χ0n) is 21.2. The monoisotopic (exact) mass is 516 g/mol. The number of rotatable bonds is 6. The van der Waals surface area contributed by atoms with E-state index in [4.69, 9.17) is 24.7 Å². The largest absolute Gasteiger partial charge is 0.494 e. The van der Waals surface area contributed by atoms with E-state index in [1.54, 1.807) is 19.2 Å². The summed E-state index contributed by atoms with van der Waals surface area (Å²) in [6.45, 7) is 7.30. The number of benzene rings is 2. The number of hydrogen-bond donors (Lipinski definition) is 2. The molecular weight excluding hydrogens is 483 g/mol. The van der Waals surface area contributed by atoms with Gasteiger partial charge in [-0.05, 0) is 43.0 Å². The summed E-state index contributed by atoms with van der Waals surface area (Å²) in [5.41, 5.74) is 8.62. The first-order chi connectivity index (χ1) is 17.3. The van der Waals surface area contributed by atoms with Crippen LogP contribution in [0.4, 0.5) is 21.6 Å². The van der Waals surface area contributed by atoms with Crippen molar-refractivity contribution in [3.05, 3.63) is 42.0 Å². The van der Waals surface area contributed by atoms with E-state index in [0.717, 1.165) is 22.6 Å². The number of thioether (sulfide) groups is 1. The van der Waals surface area contributed by atoms with Crippen LogP contribution in [0.1, 0.15) is 25.8 Å². The molecule has 0 saturated carbocycles. The lowest BCUT2D eigenvalue weighted by atomic mass is 10.1. The quantitative estimate of drug-likeness (QED) is 0.433. The van der Waals surface area contributed by atoms with Crippen LogP contribution in [-0.2, 0) is 9.47 Å². The number of nitrogens with zero attached hydrogens (tertiary/aromatic N) is 2. The van der Waals surface area contributed by atoms with E-state index in [9.17, 15) is 4.39 Å². The molecule has 194 valence electrons. The summed E-state index contributed by atoms with van der Waals surface area (Å²) in [6, 6.07) is 6.07. The first kappa shape index (κ1) is 26.2. The van der Waals surface area contributed by atoms with Gasteiger partial charge in [0.25, 0.3) is 0 Å². The maximum Gasteiger partial charge on any atom is 0.151 e. The third-order valence-corrected chi connectivity index (χ3v) is 7.16. The summed E-state index contributed by atoms with van der Waals surface area (Å²) in [5.74, 6) is 1.06. The molecule has 3 aromatic rings. The lowest BCUT2D eigenvalue weighted by Gasteiger charge is -2.21. The molecule has 2 fully saturated rings. The first-order valence-corrected chi connectivity index (χ1v) is 13.2. The summed E-state index contributed by atoms with van der Waals surface area (Å²) in [4.78, 5) is 8.72. The number of nitrogens with one attached hydrogen (secondary N) is 1. The molecule has 2 aliphatic heterocycles. The van der Waals surface area contributed by atoms with Crippen molar-refractivity contribution in [1.29, 1.82) is 0 Å². The lowest BCUT2D eigenvalue weighted by molar-refractivity contribution is 0.0310. The van der Waals surface area contributed by atoms with Crippen LogP contribution in [0, 0.1) is 12.7 Å². The Morgan fingerprint density at radius 1 is 1.22 bits per heavy atom. The highest BCUT2D eigenvalue weighted by Crippen LogP contribution is 2.38. The Morgan fingerprint density at radius 2 is 2.00 bits per heavy atom. The van der Waals surface area contributed by atoms with E-state index in [0.29, 0.717) is 47.4 Å². The van der Waals surface area contributed by atoms with Gasteiger partial charge in [-0.15, -0.1) is 0 Å². The zero-order valence-corrected chi connectivity index (χ0v) is 22.0. The highest BCUT2D eigenvalue weighted by molar-refractivity contribution is 7.99. The normalized spacial score (nSPS) is 20.7. The minimum atomic E-state index is -0.401. The van der Waals surface area contributed by atoms with Gasteiger partial charge < -0.3 is 30.0 Å². The Balaban J connectivity index is 0.000000556. The maximum absolute atomic E-state index is 14.1. The van der Waals surface area contributed by atoms with E-state index in [-0.39, 0.29) is 18.3 Å². The molecule has 2 aromatic carbocycles. The molecule has 10 heteroatoms. The molecular formula is C26H33FN4O4S. The molecule has 3 atom stereocenters. The molecule has 5 rings (SSSR count). The van der Waals surface area contributed by atoms with Crippen LogP contribution >= 0.6 is 11.8 Å². The number of methoxy groups -OCH3 is 1. The number of hydrogen-bond acceptors (Lipinski definition) is 9. The van der Waals surface area contributed by atoms with Gasteiger partial charge in [0, 0.05) is 23.6 Å². The minimum Gasteiger partial charge on any atom is -0.494 e. The highest BCUT2D eigenvalue weighted by atomic mass is 32.2. The van der Waals surface area contributed by atoms with Crippen LogP contribution in [0.2, 0.25) is 0 Å². The van der Waals surface area contributed by atoms with Crippen LogP contribution < -0.4 is 20.5 Å². The Kier molecular flexibility index (Phi) is 8.38. The van der Waals surface area contributed by atoms with Crippen molar-refractivity contribution in [2.24, 2.45) is 0 Å². The molecule has 1 unspecified atom stereocenters. The number of ether oxygens (including phenoxy) is 4. The number of nitrogen functional groups attached to an aromatic ring is 1. The van der Waals surface area contributed by atoms with E-state index >= 15 is 0 Å². The molecule has 2 aliphatic rings. The number of halogens is 1. The molecule has 3 N–H and O–H groups in total. The second-order valence-electron chi connectivity index (χ2n) is 8.94. The summed E-state index contributed by atoms with van der Waals surface area (Å²) < 4.78 is 37.1. The van der Waals surface area contributed by atoms with Gasteiger partial charge >= 0.3 is 0 Å². The molecule has 0 aliphatic carbocycles. The van der Waals surface area contributed by atoms with Gasteiger partial charge in [0.05, 0.1) is 36.7 Å². The average molecular weight is 517 g/mol. The van der Waals surface area contributed by atoms with Crippen molar-refractivity contribution < 1.29 is 23.3 Å². The van der Waals surface area contributed by atoms with E-state index in [2.05, 4.69) is 35.4 Å². The summed E-state index contributed by atoms with van der Waals surface area (Å²) in [7, 11) is 1.56.